The normalized spacial score (nSPS) is 15.8. The van der Waals surface area contributed by atoms with Crippen molar-refractivity contribution < 1.29 is 61.4 Å². The number of carbonyl (C=O) groups excluding carboxylic acids is 2. The van der Waals surface area contributed by atoms with Crippen LogP contribution < -0.4 is 11.5 Å². The molecule has 1 saturated heterocycles. The predicted molar refractivity (Wildman–Crippen MR) is 161 cm³/mol. The lowest BCUT2D eigenvalue weighted by atomic mass is 10.2. The Bertz CT molecular complexity index is 923. The molecular weight excluding hydrogens is 588 g/mol. The molecule has 0 unspecified atom stereocenters. The molecule has 44 heavy (non-hydrogen) atoms. The molecule has 1 aliphatic heterocycles. The van der Waals surface area contributed by atoms with E-state index < -0.39 is 11.8 Å². The number of carbonyl (C=O) groups is 2. The quantitative estimate of drug-likeness (QED) is 0.303. The van der Waals surface area contributed by atoms with E-state index in [-0.39, 0.29) is 44.2 Å². The van der Waals surface area contributed by atoms with Crippen molar-refractivity contribution >= 4 is 11.8 Å². The molecular formula is C26H50N6O12. The van der Waals surface area contributed by atoms with E-state index in [4.69, 9.17) is 30.4 Å². The van der Waals surface area contributed by atoms with Crippen molar-refractivity contribution in [2.75, 3.05) is 79.0 Å². The lowest BCUT2D eigenvalue weighted by Crippen LogP contribution is -2.33. The van der Waals surface area contributed by atoms with E-state index in [2.05, 4.69) is 19.8 Å². The highest BCUT2D eigenvalue weighted by Crippen LogP contribution is 2.06. The lowest BCUT2D eigenvalue weighted by Gasteiger charge is -2.23. The van der Waals surface area contributed by atoms with Crippen LogP contribution in [0.25, 0.3) is 0 Å². The first-order chi connectivity index (χ1) is 18.5. The molecule has 0 atom stereocenters. The van der Waals surface area contributed by atoms with Crippen LogP contribution in [0, 0.1) is 0 Å². The highest BCUT2D eigenvalue weighted by Gasteiger charge is 2.12. The Morgan fingerprint density at radius 2 is 0.841 bits per heavy atom. The van der Waals surface area contributed by atoms with Crippen LogP contribution in [-0.2, 0) is 32.0 Å². The molecule has 0 saturated carbocycles. The zero-order chi connectivity index (χ0) is 27.0. The third-order valence-electron chi connectivity index (χ3n) is 5.84. The van der Waals surface area contributed by atoms with Gasteiger partial charge >= 0.3 is 0 Å². The van der Waals surface area contributed by atoms with Crippen LogP contribution in [0.3, 0.4) is 0 Å². The van der Waals surface area contributed by atoms with E-state index in [0.29, 0.717) is 92.1 Å². The largest absolute Gasteiger partial charge is 0.412 e. The van der Waals surface area contributed by atoms with E-state index in [0.717, 1.165) is 11.4 Å². The summed E-state index contributed by atoms with van der Waals surface area (Å²) in [4.78, 5) is 35.9. The molecule has 0 spiro atoms. The number of pyridine rings is 2. The van der Waals surface area contributed by atoms with Gasteiger partial charge in [0.1, 0.15) is 11.4 Å². The van der Waals surface area contributed by atoms with Crippen molar-refractivity contribution in [1.29, 1.82) is 0 Å². The van der Waals surface area contributed by atoms with Crippen LogP contribution in [0.1, 0.15) is 32.4 Å². The molecule has 2 aromatic rings. The summed E-state index contributed by atoms with van der Waals surface area (Å²) in [6.45, 7) is 7.80. The van der Waals surface area contributed by atoms with Crippen LogP contribution in [0.5, 0.6) is 0 Å². The third kappa shape index (κ3) is 18.4. The summed E-state index contributed by atoms with van der Waals surface area (Å²) in [6.07, 6.45) is 0. The number of hydrogen-bond acceptors (Lipinski definition) is 10. The minimum atomic E-state index is -0.546. The molecule has 1 aliphatic rings. The molecule has 256 valence electrons. The molecule has 1 fully saturated rings. The fourth-order valence-electron chi connectivity index (χ4n) is 3.83. The van der Waals surface area contributed by atoms with Crippen molar-refractivity contribution in [2.45, 2.75) is 13.1 Å². The number of nitrogens with two attached hydrogens (primary N) is 2. The first-order valence-electron chi connectivity index (χ1n) is 12.8. The minimum absolute atomic E-state index is 0. The van der Waals surface area contributed by atoms with Gasteiger partial charge in [0.05, 0.1) is 64.2 Å². The summed E-state index contributed by atoms with van der Waals surface area (Å²) in [6, 6.07) is 10.5. The maximum Gasteiger partial charge on any atom is 0.267 e. The first kappa shape index (κ1) is 47.7. The van der Waals surface area contributed by atoms with Crippen LogP contribution >= 0.6 is 0 Å². The van der Waals surface area contributed by atoms with Gasteiger partial charge in [0.15, 0.2) is 0 Å². The number of nitrogens with zero attached hydrogens (tertiary/aromatic N) is 4. The van der Waals surface area contributed by atoms with Gasteiger partial charge in [-0.25, -0.2) is 9.97 Å². The van der Waals surface area contributed by atoms with Gasteiger partial charge in [-0.15, -0.1) is 0 Å². The number of hydrogen-bond donors (Lipinski definition) is 2. The summed E-state index contributed by atoms with van der Waals surface area (Å²) in [5.41, 5.74) is 12.7. The molecule has 0 bridgehead atoms. The van der Waals surface area contributed by atoms with Gasteiger partial charge in [0, 0.05) is 39.3 Å². The lowest BCUT2D eigenvalue weighted by molar-refractivity contribution is 0.00598. The summed E-state index contributed by atoms with van der Waals surface area (Å²) < 4.78 is 23.1. The van der Waals surface area contributed by atoms with Crippen LogP contribution in [0.2, 0.25) is 0 Å². The summed E-state index contributed by atoms with van der Waals surface area (Å²) >= 11 is 0. The number of rotatable bonds is 6. The van der Waals surface area contributed by atoms with E-state index in [1.54, 1.807) is 24.3 Å². The maximum atomic E-state index is 11.5. The first-order valence-corrected chi connectivity index (χ1v) is 12.8. The second-order valence-electron chi connectivity index (χ2n) is 8.76. The van der Waals surface area contributed by atoms with Crippen molar-refractivity contribution in [1.82, 2.24) is 19.8 Å². The third-order valence-corrected chi connectivity index (χ3v) is 5.84. The van der Waals surface area contributed by atoms with Crippen molar-refractivity contribution in [3.63, 3.8) is 0 Å². The average molecular weight is 639 g/mol. The van der Waals surface area contributed by atoms with E-state index in [9.17, 15) is 9.59 Å². The fraction of sp³-hybridized carbons (Fsp3) is 0.538. The minimum Gasteiger partial charge on any atom is -0.412 e. The van der Waals surface area contributed by atoms with Crippen LogP contribution in [-0.4, -0.2) is 143 Å². The topological polar surface area (TPSA) is 344 Å². The Hall–Kier alpha value is -3.24. The van der Waals surface area contributed by atoms with Gasteiger partial charge in [-0.3, -0.25) is 19.4 Å². The second kappa shape index (κ2) is 27.3. The van der Waals surface area contributed by atoms with Gasteiger partial charge < -0.3 is 63.3 Å². The summed E-state index contributed by atoms with van der Waals surface area (Å²) in [5.74, 6) is -1.09. The SMILES string of the molecule is NC(=O)c1cccc(CN2CCOCCOCCN(Cc3cccc(C(N)=O)n3)CCOCCOCC2)n1.O.O.O.O.O.O. The molecule has 16 N–H and O–H groups in total. The zero-order valence-corrected chi connectivity index (χ0v) is 24.8. The molecule has 3 rings (SSSR count). The van der Waals surface area contributed by atoms with E-state index in [1.807, 2.05) is 12.1 Å². The molecule has 0 radical (unpaired) electrons. The Morgan fingerprint density at radius 1 is 0.545 bits per heavy atom. The molecule has 18 heteroatoms. The average Bonchev–Trinajstić information content (AvgIpc) is 2.91. The number of amides is 2. The Morgan fingerprint density at radius 3 is 1.11 bits per heavy atom. The van der Waals surface area contributed by atoms with Gasteiger partial charge in [0.25, 0.3) is 11.8 Å². The fourth-order valence-corrected chi connectivity index (χ4v) is 3.83. The summed E-state index contributed by atoms with van der Waals surface area (Å²) in [7, 11) is 0. The van der Waals surface area contributed by atoms with Gasteiger partial charge in [-0.05, 0) is 24.3 Å². The van der Waals surface area contributed by atoms with Gasteiger partial charge in [0.2, 0.25) is 0 Å². The highest BCUT2D eigenvalue weighted by atomic mass is 16.5. The van der Waals surface area contributed by atoms with Crippen LogP contribution in [0.4, 0.5) is 0 Å². The summed E-state index contributed by atoms with van der Waals surface area (Å²) in [5, 5.41) is 0. The number of aromatic nitrogens is 2. The monoisotopic (exact) mass is 638 g/mol. The van der Waals surface area contributed by atoms with Gasteiger partial charge in [-0.2, -0.15) is 0 Å². The molecule has 2 aromatic heterocycles. The van der Waals surface area contributed by atoms with Gasteiger partial charge in [-0.1, -0.05) is 12.1 Å². The maximum absolute atomic E-state index is 11.5. The molecule has 3 heterocycles. The highest BCUT2D eigenvalue weighted by molar-refractivity contribution is 5.91. The smallest absolute Gasteiger partial charge is 0.267 e. The molecule has 2 amide bonds. The molecule has 0 aromatic carbocycles. The van der Waals surface area contributed by atoms with E-state index >= 15 is 0 Å². The van der Waals surface area contributed by atoms with Crippen molar-refractivity contribution in [3.05, 3.63) is 59.2 Å². The number of ether oxygens (including phenoxy) is 4. The Kier molecular flexibility index (Phi) is 29.6. The molecule has 18 nitrogen and oxygen atoms in total. The Labute approximate surface area is 256 Å². The van der Waals surface area contributed by atoms with Crippen molar-refractivity contribution in [2.24, 2.45) is 11.5 Å². The second-order valence-corrected chi connectivity index (χ2v) is 8.76. The standard InChI is InChI=1S/C26H38N6O6.6H2O/c27-25(33)23-5-1-3-21(29-23)19-31-7-11-35-15-17-37-13-9-32(10-14-38-18-16-36-12-8-31)20-22-4-2-6-24(30-22)26(28)34;;;;;;/h1-6H,7-20H2,(H2,27,33)(H2,28,34);6*1H2. The predicted octanol–water partition coefficient (Wildman–Crippen LogP) is -4.89. The number of primary amides is 2. The van der Waals surface area contributed by atoms with E-state index in [1.165, 1.54) is 0 Å². The Balaban J connectivity index is -0.00000133. The zero-order valence-electron chi connectivity index (χ0n) is 24.8. The van der Waals surface area contributed by atoms with Crippen molar-refractivity contribution in [3.8, 4) is 0 Å². The van der Waals surface area contributed by atoms with Crippen LogP contribution in [0.15, 0.2) is 36.4 Å². The molecule has 0 aliphatic carbocycles.